The lowest BCUT2D eigenvalue weighted by molar-refractivity contribution is -0.197. The second-order valence-corrected chi connectivity index (χ2v) is 19.8. The highest BCUT2D eigenvalue weighted by molar-refractivity contribution is 8.77. The monoisotopic (exact) mass is 951 g/mol. The van der Waals surface area contributed by atoms with Crippen LogP contribution in [0.3, 0.4) is 0 Å². The molecule has 0 radical (unpaired) electrons. The smallest absolute Gasteiger partial charge is 0.355 e. The number of carbonyl (C=O) groups is 5. The van der Waals surface area contributed by atoms with E-state index in [1.54, 1.807) is 46.4 Å². The van der Waals surface area contributed by atoms with E-state index in [9.17, 15) is 24.0 Å². The number of imide groups is 1. The standard InChI is InChI=1S/C12H12N2O4S2.C10H8N2S2.C8H9NO2S2.C3H6O2S.H2P2S/c15-10-4-5-11(16)14(10)18-12(17)6-8-19-20-9-3-1-2-7-13-9;1-3-7-11-9(5-1)13-14-10-6-2-4-8-12-10;10-8(11)4-6-12-13-7-3-1-2-5-9-7;4-3(5)1-2-6;1-2-3/h1-3,7H,4-6,8H2;1-8H;1-3,5H,4,6H2,(H,10,11);6H,1-2H2,(H,4,5);1H2/p+1/i/hD. The molecular formula is C33H38N5O8P2S8+. The summed E-state index contributed by atoms with van der Waals surface area (Å²) in [5, 5.41) is 20.6. The van der Waals surface area contributed by atoms with Crippen LogP contribution < -0.4 is 0 Å². The fraction of sp³-hybridized carbons (Fsp3) is 0.242. The highest BCUT2D eigenvalue weighted by atomic mass is 33.1. The molecular weight excluding hydrogens is 913 g/mol. The van der Waals surface area contributed by atoms with Crippen LogP contribution in [0.25, 0.3) is 0 Å². The van der Waals surface area contributed by atoms with Crippen molar-refractivity contribution in [2.24, 2.45) is 0 Å². The van der Waals surface area contributed by atoms with E-state index in [2.05, 4.69) is 53.3 Å². The maximum absolute atomic E-state index is 11.5. The Morgan fingerprint density at radius 3 is 1.38 bits per heavy atom. The van der Waals surface area contributed by atoms with E-state index in [4.69, 9.17) is 16.3 Å². The van der Waals surface area contributed by atoms with Crippen molar-refractivity contribution in [1.82, 2.24) is 25.0 Å². The number of hydrogen-bond acceptors (Lipinski definition) is 18. The first-order valence-electron chi connectivity index (χ1n) is 16.2. The number of amides is 2. The number of carboxylic acids is 2. The van der Waals surface area contributed by atoms with Crippen LogP contribution in [0.2, 0.25) is 0 Å². The molecule has 0 aliphatic carbocycles. The molecule has 2 amide bonds. The van der Waals surface area contributed by atoms with Crippen molar-refractivity contribution in [3.63, 3.8) is 0 Å². The van der Waals surface area contributed by atoms with Crippen LogP contribution in [-0.4, -0.2) is 83.5 Å². The molecule has 0 aromatic carbocycles. The Balaban J connectivity index is 0.000000389. The van der Waals surface area contributed by atoms with Crippen molar-refractivity contribution in [2.75, 3.05) is 17.3 Å². The number of carbonyl (C=O) groups excluding carboxylic acids is 3. The van der Waals surface area contributed by atoms with E-state index in [0.717, 1.165) is 20.1 Å². The maximum atomic E-state index is 11.5. The lowest BCUT2D eigenvalue weighted by atomic mass is 10.4. The zero-order chi connectivity index (χ0) is 42.1. The number of pyridine rings is 4. The van der Waals surface area contributed by atoms with Crippen LogP contribution in [-0.2, 0) is 40.6 Å². The summed E-state index contributed by atoms with van der Waals surface area (Å²) in [5.41, 5.74) is 0. The van der Waals surface area contributed by atoms with Gasteiger partial charge >= 0.3 is 19.2 Å². The van der Waals surface area contributed by atoms with E-state index in [0.29, 0.717) is 22.3 Å². The van der Waals surface area contributed by atoms with Gasteiger partial charge in [-0.1, -0.05) is 45.9 Å². The summed E-state index contributed by atoms with van der Waals surface area (Å²) < 4.78 is 6.43. The zero-order valence-corrected chi connectivity index (χ0v) is 38.0. The van der Waals surface area contributed by atoms with E-state index in [-0.39, 0.29) is 32.1 Å². The summed E-state index contributed by atoms with van der Waals surface area (Å²) in [4.78, 5) is 75.1. The zero-order valence-electron chi connectivity index (χ0n) is 30.3. The van der Waals surface area contributed by atoms with Gasteiger partial charge in [-0.25, -0.2) is 24.7 Å². The van der Waals surface area contributed by atoms with Gasteiger partial charge in [0.05, 0.1) is 28.2 Å². The molecule has 56 heavy (non-hydrogen) atoms. The number of hydrogen-bond donors (Lipinski definition) is 3. The molecule has 2 N–H and O–H groups in total. The van der Waals surface area contributed by atoms with Crippen LogP contribution in [0.15, 0.2) is 118 Å². The molecule has 0 spiro atoms. The third-order valence-corrected chi connectivity index (χ3v) is 12.3. The first-order chi connectivity index (χ1) is 27.4. The molecule has 1 aliphatic heterocycles. The number of rotatable bonds is 16. The number of aliphatic carboxylic acids is 2. The van der Waals surface area contributed by atoms with Gasteiger partial charge in [-0.3, -0.25) is 19.2 Å². The molecule has 4 aromatic rings. The molecule has 2 unspecified atom stereocenters. The molecule has 23 heteroatoms. The molecule has 4 aromatic heterocycles. The van der Waals surface area contributed by atoms with Crippen molar-refractivity contribution < 1.29 is 39.0 Å². The van der Waals surface area contributed by atoms with Crippen molar-refractivity contribution in [3.8, 4) is 0 Å². The molecule has 2 atom stereocenters. The Kier molecular flexibility index (Phi) is 30.7. The Hall–Kier alpha value is -2.45. The van der Waals surface area contributed by atoms with Gasteiger partial charge in [-0.15, -0.1) is 5.06 Å². The lowest BCUT2D eigenvalue weighted by Crippen LogP contribution is -2.32. The first-order valence-corrected chi connectivity index (χ1v) is 26.7. The topological polar surface area (TPSA) is 190 Å². The van der Waals surface area contributed by atoms with E-state index >= 15 is 0 Å². The normalized spacial score (nSPS) is 11.7. The average molecular weight is 952 g/mol. The van der Waals surface area contributed by atoms with Gasteiger partial charge < -0.3 is 15.1 Å². The van der Waals surface area contributed by atoms with Gasteiger partial charge in [0.1, 0.15) is 20.1 Å². The van der Waals surface area contributed by atoms with Crippen LogP contribution in [0, 0.1) is 0 Å². The molecule has 1 fully saturated rings. The lowest BCUT2D eigenvalue weighted by Gasteiger charge is -2.12. The summed E-state index contributed by atoms with van der Waals surface area (Å²) in [5.74, 6) is -1.50. The summed E-state index contributed by atoms with van der Waals surface area (Å²) in [6.07, 6.45) is 7.70. The highest BCUT2D eigenvalue weighted by Gasteiger charge is 2.32. The summed E-state index contributed by atoms with van der Waals surface area (Å²) in [7, 11) is 11.4. The predicted octanol–water partition coefficient (Wildman–Crippen LogP) is 8.70. The number of hydroxylamine groups is 2. The van der Waals surface area contributed by atoms with Gasteiger partial charge in [0.25, 0.3) is 11.8 Å². The molecule has 0 bridgehead atoms. The number of carboxylic acid groups (broad SMARTS) is 2. The number of thiol groups is 1. The van der Waals surface area contributed by atoms with Crippen LogP contribution in [0.1, 0.15) is 32.1 Å². The summed E-state index contributed by atoms with van der Waals surface area (Å²) >= 11 is 7.99. The van der Waals surface area contributed by atoms with Crippen molar-refractivity contribution in [1.29, 1.82) is 1.28 Å². The third-order valence-electron chi connectivity index (χ3n) is 5.37. The molecule has 1 saturated heterocycles. The minimum absolute atomic E-state index is 0.108. The van der Waals surface area contributed by atoms with E-state index < -0.39 is 36.7 Å². The Morgan fingerprint density at radius 1 is 0.714 bits per heavy atom. The van der Waals surface area contributed by atoms with Crippen LogP contribution in [0.5, 0.6) is 0 Å². The van der Waals surface area contributed by atoms with E-state index in [1.165, 1.54) is 43.2 Å². The molecule has 5 rings (SSSR count). The van der Waals surface area contributed by atoms with Crippen LogP contribution >= 0.6 is 93.3 Å². The second kappa shape index (κ2) is 34.6. The minimum atomic E-state index is -0.870. The molecule has 1 aliphatic rings. The summed E-state index contributed by atoms with van der Waals surface area (Å²) in [6.45, 7) is -0.870. The van der Waals surface area contributed by atoms with Crippen molar-refractivity contribution in [2.45, 2.75) is 52.2 Å². The van der Waals surface area contributed by atoms with Crippen molar-refractivity contribution in [3.05, 3.63) is 97.6 Å². The maximum Gasteiger partial charge on any atom is 0.355 e. The first kappa shape index (κ1) is 49.7. The fourth-order valence-corrected chi connectivity index (χ4v) is 8.68. The highest BCUT2D eigenvalue weighted by Crippen LogP contribution is 2.34. The molecule has 0 saturated carbocycles. The summed E-state index contributed by atoms with van der Waals surface area (Å²) in [6, 6.07) is 23.0. The Morgan fingerprint density at radius 2 is 1.07 bits per heavy atom. The second-order valence-electron chi connectivity index (χ2n) is 9.56. The largest absolute Gasteiger partial charge is 0.481 e. The Bertz CT molecular complexity index is 1720. The minimum Gasteiger partial charge on any atom is -0.481 e. The average Bonchev–Trinajstić information content (AvgIpc) is 3.51. The SMILES string of the molecule is O=C(CCSSc1ccccn1)ON1C(=O)CCC1=O.O=C(O)CCS.O=C(O)CCSSc1ccccn1.[2H][P+](P)=S.c1ccc(SSc2ccccn2)nc1. The fourth-order valence-electron chi connectivity index (χ4n) is 3.03. The third kappa shape index (κ3) is 28.0. The van der Waals surface area contributed by atoms with Crippen LogP contribution in [0.4, 0.5) is 0 Å². The molecule has 300 valence electrons. The Labute approximate surface area is 364 Å². The van der Waals surface area contributed by atoms with Gasteiger partial charge in [-0.2, -0.15) is 12.6 Å². The number of aromatic nitrogens is 4. The quantitative estimate of drug-likeness (QED) is 0.0318. The predicted molar refractivity (Wildman–Crippen MR) is 241 cm³/mol. The number of nitrogens with zero attached hydrogens (tertiary/aromatic N) is 5. The van der Waals surface area contributed by atoms with Gasteiger partial charge in [0.2, 0.25) is 0 Å². The molecule has 13 nitrogen and oxygen atoms in total. The molecule has 5 heterocycles. The van der Waals surface area contributed by atoms with Gasteiger partial charge in [0.15, 0.2) is 18.8 Å². The van der Waals surface area contributed by atoms with E-state index in [1.807, 2.05) is 72.8 Å². The van der Waals surface area contributed by atoms with Crippen molar-refractivity contribution >= 4 is 135 Å². The van der Waals surface area contributed by atoms with Gasteiger partial charge in [0, 0.05) is 54.9 Å². The van der Waals surface area contributed by atoms with Gasteiger partial charge in [-0.05, 0) is 91.7 Å².